The molecule has 0 aliphatic carbocycles. The number of nitrogens with two attached hydrogens (primary N) is 1. The maximum Gasteiger partial charge on any atom is 0.238 e. The number of imidazole rings is 1. The van der Waals surface area contributed by atoms with Crippen LogP contribution in [0, 0.1) is 0 Å². The van der Waals surface area contributed by atoms with E-state index >= 15 is 0 Å². The second-order valence-corrected chi connectivity index (χ2v) is 7.00. The van der Waals surface area contributed by atoms with E-state index in [1.807, 2.05) is 13.8 Å². The highest BCUT2D eigenvalue weighted by molar-refractivity contribution is 7.99. The van der Waals surface area contributed by atoms with Crippen LogP contribution in [0.15, 0.2) is 28.3 Å². The van der Waals surface area contributed by atoms with Crippen molar-refractivity contribution in [1.82, 2.24) is 9.55 Å². The molecule has 0 bridgehead atoms. The van der Waals surface area contributed by atoms with Crippen molar-refractivity contribution in [2.45, 2.75) is 30.4 Å². The summed E-state index contributed by atoms with van der Waals surface area (Å²) < 4.78 is 30.2. The Morgan fingerprint density at radius 2 is 2.14 bits per heavy atom. The summed E-state index contributed by atoms with van der Waals surface area (Å²) in [5.74, 6) is 0.805. The van der Waals surface area contributed by atoms with Crippen molar-refractivity contribution >= 4 is 32.8 Å². The van der Waals surface area contributed by atoms with Crippen LogP contribution in [0.3, 0.4) is 0 Å². The first-order valence-corrected chi connectivity index (χ1v) is 9.24. The van der Waals surface area contributed by atoms with Gasteiger partial charge in [-0.15, -0.1) is 0 Å². The van der Waals surface area contributed by atoms with Crippen LogP contribution in [0.4, 0.5) is 0 Å². The highest BCUT2D eigenvalue weighted by Crippen LogP contribution is 2.25. The number of hydrogen-bond donors (Lipinski definition) is 1. The van der Waals surface area contributed by atoms with Crippen molar-refractivity contribution in [3.63, 3.8) is 0 Å². The first kappa shape index (κ1) is 16.3. The number of primary sulfonamides is 1. The van der Waals surface area contributed by atoms with Crippen molar-refractivity contribution in [3.8, 4) is 0 Å². The SMILES string of the molecule is CCOCCSc1nc2cc(S(N)(=O)=O)ccc2n1CC. The number of aromatic nitrogens is 2. The summed E-state index contributed by atoms with van der Waals surface area (Å²) in [6, 6.07) is 4.78. The van der Waals surface area contributed by atoms with Crippen LogP contribution in [0.1, 0.15) is 13.8 Å². The van der Waals surface area contributed by atoms with Gasteiger partial charge in [0.1, 0.15) is 0 Å². The smallest absolute Gasteiger partial charge is 0.238 e. The molecule has 0 saturated carbocycles. The lowest BCUT2D eigenvalue weighted by molar-refractivity contribution is 0.164. The summed E-state index contributed by atoms with van der Waals surface area (Å²) in [5.41, 5.74) is 1.55. The van der Waals surface area contributed by atoms with Crippen molar-refractivity contribution in [2.24, 2.45) is 5.14 Å². The molecule has 116 valence electrons. The van der Waals surface area contributed by atoms with E-state index in [4.69, 9.17) is 9.88 Å². The third kappa shape index (κ3) is 3.76. The van der Waals surface area contributed by atoms with E-state index in [2.05, 4.69) is 9.55 Å². The Hall–Kier alpha value is -1.09. The lowest BCUT2D eigenvalue weighted by Crippen LogP contribution is -2.11. The molecule has 0 aliphatic rings. The third-order valence-corrected chi connectivity index (χ3v) is 4.84. The number of fused-ring (bicyclic) bond motifs is 1. The highest BCUT2D eigenvalue weighted by atomic mass is 32.2. The standard InChI is InChI=1S/C13H19N3O3S2/c1-3-16-12-6-5-10(21(14,17)18)9-11(12)15-13(16)20-8-7-19-4-2/h5-6,9H,3-4,7-8H2,1-2H3,(H2,14,17,18). The number of nitrogens with zero attached hydrogens (tertiary/aromatic N) is 2. The number of sulfonamides is 1. The number of thioether (sulfide) groups is 1. The van der Waals surface area contributed by atoms with E-state index in [1.54, 1.807) is 17.8 Å². The predicted molar refractivity (Wildman–Crippen MR) is 84.0 cm³/mol. The molecular formula is C13H19N3O3S2. The number of hydrogen-bond acceptors (Lipinski definition) is 5. The zero-order chi connectivity index (χ0) is 15.5. The first-order valence-electron chi connectivity index (χ1n) is 6.71. The molecular weight excluding hydrogens is 310 g/mol. The topological polar surface area (TPSA) is 87.2 Å². The van der Waals surface area contributed by atoms with Gasteiger partial charge in [-0.1, -0.05) is 11.8 Å². The highest BCUT2D eigenvalue weighted by Gasteiger charge is 2.14. The molecule has 21 heavy (non-hydrogen) atoms. The van der Waals surface area contributed by atoms with Gasteiger partial charge in [0.2, 0.25) is 10.0 Å². The van der Waals surface area contributed by atoms with Crippen LogP contribution in [-0.2, 0) is 21.3 Å². The molecule has 1 aromatic heterocycles. The summed E-state index contributed by atoms with van der Waals surface area (Å²) in [6.45, 7) is 6.11. The maximum absolute atomic E-state index is 11.4. The Morgan fingerprint density at radius 3 is 2.76 bits per heavy atom. The number of benzene rings is 1. The van der Waals surface area contributed by atoms with Gasteiger partial charge in [-0.3, -0.25) is 0 Å². The van der Waals surface area contributed by atoms with Crippen molar-refractivity contribution < 1.29 is 13.2 Å². The summed E-state index contributed by atoms with van der Waals surface area (Å²) in [7, 11) is -3.70. The summed E-state index contributed by atoms with van der Waals surface area (Å²) in [5, 5.41) is 6.01. The summed E-state index contributed by atoms with van der Waals surface area (Å²) in [4.78, 5) is 4.59. The Bertz CT molecular complexity index is 726. The Kier molecular flexibility index (Phi) is 5.26. The molecule has 0 spiro atoms. The lowest BCUT2D eigenvalue weighted by Gasteiger charge is -2.05. The van der Waals surface area contributed by atoms with Crippen LogP contribution in [-0.4, -0.2) is 36.9 Å². The van der Waals surface area contributed by atoms with Crippen molar-refractivity contribution in [1.29, 1.82) is 0 Å². The van der Waals surface area contributed by atoms with Crippen LogP contribution in [0.5, 0.6) is 0 Å². The molecule has 0 radical (unpaired) electrons. The van der Waals surface area contributed by atoms with E-state index < -0.39 is 10.0 Å². The maximum atomic E-state index is 11.4. The fourth-order valence-electron chi connectivity index (χ4n) is 2.02. The second-order valence-electron chi connectivity index (χ2n) is 4.38. The lowest BCUT2D eigenvalue weighted by atomic mass is 10.3. The quantitative estimate of drug-likeness (QED) is 0.618. The van der Waals surface area contributed by atoms with Crippen LogP contribution in [0.25, 0.3) is 11.0 Å². The third-order valence-electron chi connectivity index (χ3n) is 2.99. The first-order chi connectivity index (χ1) is 9.97. The number of ether oxygens (including phenoxy) is 1. The minimum absolute atomic E-state index is 0.0848. The van der Waals surface area contributed by atoms with Gasteiger partial charge >= 0.3 is 0 Å². The summed E-state index contributed by atoms with van der Waals surface area (Å²) >= 11 is 1.60. The molecule has 0 saturated heterocycles. The molecule has 2 N–H and O–H groups in total. The molecule has 8 heteroatoms. The van der Waals surface area contributed by atoms with E-state index in [0.717, 1.165) is 23.0 Å². The number of aryl methyl sites for hydroxylation is 1. The normalized spacial score (nSPS) is 12.1. The van der Waals surface area contributed by atoms with Crippen LogP contribution in [0.2, 0.25) is 0 Å². The molecule has 2 aromatic rings. The van der Waals surface area contributed by atoms with Gasteiger partial charge in [0.25, 0.3) is 0 Å². The zero-order valence-electron chi connectivity index (χ0n) is 12.1. The minimum atomic E-state index is -3.70. The molecule has 1 aromatic carbocycles. The van der Waals surface area contributed by atoms with E-state index in [1.165, 1.54) is 12.1 Å². The Labute approximate surface area is 128 Å². The van der Waals surface area contributed by atoms with Gasteiger partial charge in [0.05, 0.1) is 22.5 Å². The van der Waals surface area contributed by atoms with Gasteiger partial charge in [0, 0.05) is 18.9 Å². The van der Waals surface area contributed by atoms with Crippen LogP contribution >= 0.6 is 11.8 Å². The van der Waals surface area contributed by atoms with E-state index in [9.17, 15) is 8.42 Å². The molecule has 1 heterocycles. The average molecular weight is 329 g/mol. The molecule has 0 amide bonds. The fourth-order valence-corrected chi connectivity index (χ4v) is 3.48. The largest absolute Gasteiger partial charge is 0.381 e. The molecule has 0 aliphatic heterocycles. The summed E-state index contributed by atoms with van der Waals surface area (Å²) in [6.07, 6.45) is 0. The fraction of sp³-hybridized carbons (Fsp3) is 0.462. The van der Waals surface area contributed by atoms with Gasteiger partial charge < -0.3 is 9.30 Å². The minimum Gasteiger partial charge on any atom is -0.381 e. The zero-order valence-corrected chi connectivity index (χ0v) is 13.7. The van der Waals surface area contributed by atoms with Crippen LogP contribution < -0.4 is 5.14 Å². The molecule has 0 fully saturated rings. The van der Waals surface area contributed by atoms with Gasteiger partial charge in [-0.2, -0.15) is 0 Å². The van der Waals surface area contributed by atoms with E-state index in [-0.39, 0.29) is 4.90 Å². The Morgan fingerprint density at radius 1 is 1.38 bits per heavy atom. The van der Waals surface area contributed by atoms with Gasteiger partial charge in [-0.25, -0.2) is 18.5 Å². The Balaban J connectivity index is 2.34. The van der Waals surface area contributed by atoms with Gasteiger partial charge in [-0.05, 0) is 32.0 Å². The monoisotopic (exact) mass is 329 g/mol. The second kappa shape index (κ2) is 6.78. The molecule has 6 nitrogen and oxygen atoms in total. The van der Waals surface area contributed by atoms with E-state index in [0.29, 0.717) is 18.7 Å². The van der Waals surface area contributed by atoms with Crippen molar-refractivity contribution in [3.05, 3.63) is 18.2 Å². The molecule has 2 rings (SSSR count). The molecule has 0 atom stereocenters. The van der Waals surface area contributed by atoms with Gasteiger partial charge in [0.15, 0.2) is 5.16 Å². The number of rotatable bonds is 7. The van der Waals surface area contributed by atoms with Crippen molar-refractivity contribution in [2.75, 3.05) is 19.0 Å². The predicted octanol–water partition coefficient (Wildman–Crippen LogP) is 1.83. The molecule has 0 unspecified atom stereocenters. The average Bonchev–Trinajstić information content (AvgIpc) is 2.79.